The number of rotatable bonds is 5. The first-order chi connectivity index (χ1) is 7.56. The van der Waals surface area contributed by atoms with Crippen LogP contribution in [0.5, 0.6) is 0 Å². The van der Waals surface area contributed by atoms with E-state index >= 15 is 0 Å². The summed E-state index contributed by atoms with van der Waals surface area (Å²) in [6.45, 7) is 3.55. The van der Waals surface area contributed by atoms with Gasteiger partial charge in [0.05, 0.1) is 11.3 Å². The van der Waals surface area contributed by atoms with Gasteiger partial charge in [-0.1, -0.05) is 6.92 Å². The lowest BCUT2D eigenvalue weighted by molar-refractivity contribution is -0.386. The third kappa shape index (κ3) is 2.85. The lowest BCUT2D eigenvalue weighted by Crippen LogP contribution is -2.07. The van der Waals surface area contributed by atoms with Crippen molar-refractivity contribution in [2.45, 2.75) is 33.1 Å². The average Bonchev–Trinajstić information content (AvgIpc) is 2.17. The number of hydrogen-bond acceptors (Lipinski definition) is 4. The zero-order valence-electron chi connectivity index (χ0n) is 9.40. The first-order valence-electron chi connectivity index (χ1n) is 5.16. The van der Waals surface area contributed by atoms with Crippen LogP contribution in [0.25, 0.3) is 0 Å². The molecular formula is C11H14N2O3. The summed E-state index contributed by atoms with van der Waals surface area (Å²) in [5.74, 6) is -0.0105. The predicted molar refractivity (Wildman–Crippen MR) is 59.2 cm³/mol. The molecule has 5 nitrogen and oxygen atoms in total. The van der Waals surface area contributed by atoms with E-state index in [9.17, 15) is 14.9 Å². The molecule has 86 valence electrons. The van der Waals surface area contributed by atoms with Crippen LogP contribution < -0.4 is 0 Å². The van der Waals surface area contributed by atoms with Gasteiger partial charge in [-0.2, -0.15) is 0 Å². The highest BCUT2D eigenvalue weighted by atomic mass is 16.6. The third-order valence-electron chi connectivity index (χ3n) is 2.28. The molecular weight excluding hydrogens is 208 g/mol. The molecule has 5 heteroatoms. The molecule has 0 aliphatic heterocycles. The summed E-state index contributed by atoms with van der Waals surface area (Å²) in [6, 6.07) is 1.58. The van der Waals surface area contributed by atoms with Gasteiger partial charge in [-0.25, -0.2) is 0 Å². The molecule has 0 spiro atoms. The standard InChI is InChI=1S/C11H14N2O3/c1-3-4-9(14)7-10-11(13(15)16)8(2)5-6-12-10/h5-6H,3-4,7H2,1-2H3. The minimum absolute atomic E-state index is 0.0105. The number of Topliss-reactive ketones (excluding diaryl/α,β-unsaturated/α-hetero) is 1. The topological polar surface area (TPSA) is 73.1 Å². The molecule has 0 aliphatic carbocycles. The number of carbonyl (C=O) groups is 1. The van der Waals surface area contributed by atoms with Crippen molar-refractivity contribution in [3.63, 3.8) is 0 Å². The van der Waals surface area contributed by atoms with Crippen LogP contribution in [0.15, 0.2) is 12.3 Å². The van der Waals surface area contributed by atoms with Crippen molar-refractivity contribution >= 4 is 11.5 Å². The quantitative estimate of drug-likeness (QED) is 0.565. The Hall–Kier alpha value is -1.78. The van der Waals surface area contributed by atoms with Crippen molar-refractivity contribution in [3.8, 4) is 0 Å². The van der Waals surface area contributed by atoms with Crippen LogP contribution in [0.4, 0.5) is 5.69 Å². The molecule has 0 saturated carbocycles. The molecule has 0 radical (unpaired) electrons. The Morgan fingerprint density at radius 1 is 1.56 bits per heavy atom. The van der Waals surface area contributed by atoms with Gasteiger partial charge < -0.3 is 0 Å². The Labute approximate surface area is 93.7 Å². The predicted octanol–water partition coefficient (Wildman–Crippen LogP) is 2.21. The molecule has 16 heavy (non-hydrogen) atoms. The molecule has 0 bridgehead atoms. The van der Waals surface area contributed by atoms with Gasteiger partial charge in [0.15, 0.2) is 0 Å². The molecule has 0 N–H and O–H groups in total. The SMILES string of the molecule is CCCC(=O)Cc1nccc(C)c1[N+](=O)[O-]. The maximum absolute atomic E-state index is 11.4. The maximum Gasteiger partial charge on any atom is 0.294 e. The molecule has 0 amide bonds. The smallest absolute Gasteiger partial charge is 0.294 e. The number of aromatic nitrogens is 1. The van der Waals surface area contributed by atoms with Crippen LogP contribution in [0.2, 0.25) is 0 Å². The fraction of sp³-hybridized carbons (Fsp3) is 0.455. The van der Waals surface area contributed by atoms with E-state index in [1.807, 2.05) is 6.92 Å². The molecule has 1 rings (SSSR count). The second-order valence-corrected chi connectivity index (χ2v) is 3.65. The van der Waals surface area contributed by atoms with Gasteiger partial charge in [0, 0.05) is 18.2 Å². The summed E-state index contributed by atoms with van der Waals surface area (Å²) < 4.78 is 0. The van der Waals surface area contributed by atoms with Crippen LogP contribution in [-0.4, -0.2) is 15.7 Å². The number of aryl methyl sites for hydroxylation is 1. The van der Waals surface area contributed by atoms with E-state index in [-0.39, 0.29) is 23.6 Å². The van der Waals surface area contributed by atoms with Crippen molar-refractivity contribution < 1.29 is 9.72 Å². The van der Waals surface area contributed by atoms with Gasteiger partial charge in [-0.05, 0) is 19.4 Å². The van der Waals surface area contributed by atoms with Gasteiger partial charge >= 0.3 is 0 Å². The molecule has 0 atom stereocenters. The largest absolute Gasteiger partial charge is 0.299 e. The summed E-state index contributed by atoms with van der Waals surface area (Å²) in [6.07, 6.45) is 2.73. The Morgan fingerprint density at radius 2 is 2.25 bits per heavy atom. The minimum Gasteiger partial charge on any atom is -0.299 e. The third-order valence-corrected chi connectivity index (χ3v) is 2.28. The second-order valence-electron chi connectivity index (χ2n) is 3.65. The van der Waals surface area contributed by atoms with Gasteiger partial charge in [-0.3, -0.25) is 19.9 Å². The summed E-state index contributed by atoms with van der Waals surface area (Å²) in [5, 5.41) is 10.8. The van der Waals surface area contributed by atoms with Crippen molar-refractivity contribution in [2.24, 2.45) is 0 Å². The molecule has 1 aromatic rings. The Bertz CT molecular complexity index is 416. The van der Waals surface area contributed by atoms with Gasteiger partial charge in [-0.15, -0.1) is 0 Å². The van der Waals surface area contributed by atoms with E-state index < -0.39 is 4.92 Å². The normalized spacial score (nSPS) is 10.1. The van der Waals surface area contributed by atoms with E-state index in [4.69, 9.17) is 0 Å². The number of nitro groups is 1. The number of nitrogens with zero attached hydrogens (tertiary/aromatic N) is 2. The highest BCUT2D eigenvalue weighted by molar-refractivity contribution is 5.81. The van der Waals surface area contributed by atoms with E-state index in [1.54, 1.807) is 13.0 Å². The fourth-order valence-electron chi connectivity index (χ4n) is 1.54. The number of ketones is 1. The first kappa shape index (κ1) is 12.3. The Balaban J connectivity index is 3.00. The zero-order valence-corrected chi connectivity index (χ0v) is 9.40. The highest BCUT2D eigenvalue weighted by Crippen LogP contribution is 2.21. The molecule has 1 heterocycles. The van der Waals surface area contributed by atoms with Crippen LogP contribution in [0.1, 0.15) is 31.0 Å². The zero-order chi connectivity index (χ0) is 12.1. The minimum atomic E-state index is -0.475. The van der Waals surface area contributed by atoms with Gasteiger partial charge in [0.2, 0.25) is 0 Å². The Morgan fingerprint density at radius 3 is 2.81 bits per heavy atom. The molecule has 0 fully saturated rings. The van der Waals surface area contributed by atoms with Crippen LogP contribution in [0.3, 0.4) is 0 Å². The fourth-order valence-corrected chi connectivity index (χ4v) is 1.54. The van der Waals surface area contributed by atoms with Crippen molar-refractivity contribution in [1.82, 2.24) is 4.98 Å². The lowest BCUT2D eigenvalue weighted by atomic mass is 10.1. The summed E-state index contributed by atoms with van der Waals surface area (Å²) in [7, 11) is 0. The monoisotopic (exact) mass is 222 g/mol. The summed E-state index contributed by atoms with van der Waals surface area (Å²) in [5.41, 5.74) is 0.773. The number of pyridine rings is 1. The van der Waals surface area contributed by atoms with Crippen LogP contribution >= 0.6 is 0 Å². The molecule has 1 aromatic heterocycles. The average molecular weight is 222 g/mol. The van der Waals surface area contributed by atoms with Gasteiger partial charge in [0.1, 0.15) is 11.5 Å². The summed E-state index contributed by atoms with van der Waals surface area (Å²) >= 11 is 0. The van der Waals surface area contributed by atoms with Crippen molar-refractivity contribution in [3.05, 3.63) is 33.6 Å². The van der Waals surface area contributed by atoms with E-state index in [0.29, 0.717) is 12.0 Å². The van der Waals surface area contributed by atoms with Crippen LogP contribution in [-0.2, 0) is 11.2 Å². The lowest BCUT2D eigenvalue weighted by Gasteiger charge is -2.03. The highest BCUT2D eigenvalue weighted by Gasteiger charge is 2.19. The second kappa shape index (κ2) is 5.34. The Kier molecular flexibility index (Phi) is 4.10. The van der Waals surface area contributed by atoms with Crippen molar-refractivity contribution in [2.75, 3.05) is 0 Å². The molecule has 0 saturated heterocycles. The molecule has 0 aliphatic rings. The van der Waals surface area contributed by atoms with E-state index in [1.165, 1.54) is 6.20 Å². The van der Waals surface area contributed by atoms with E-state index in [0.717, 1.165) is 6.42 Å². The number of hydrogen-bond donors (Lipinski definition) is 0. The van der Waals surface area contributed by atoms with Crippen LogP contribution in [0, 0.1) is 17.0 Å². The first-order valence-corrected chi connectivity index (χ1v) is 5.16. The summed E-state index contributed by atoms with van der Waals surface area (Å²) in [4.78, 5) is 25.7. The van der Waals surface area contributed by atoms with E-state index in [2.05, 4.69) is 4.98 Å². The maximum atomic E-state index is 11.4. The number of carbonyl (C=O) groups excluding carboxylic acids is 1. The van der Waals surface area contributed by atoms with Crippen molar-refractivity contribution in [1.29, 1.82) is 0 Å². The molecule has 0 aromatic carbocycles. The molecule has 0 unspecified atom stereocenters. The van der Waals surface area contributed by atoms with Gasteiger partial charge in [0.25, 0.3) is 5.69 Å².